The highest BCUT2D eigenvalue weighted by Gasteiger charge is 2.37. The van der Waals surface area contributed by atoms with Crippen molar-refractivity contribution in [3.05, 3.63) is 35.6 Å². The van der Waals surface area contributed by atoms with Gasteiger partial charge in [0.1, 0.15) is 5.82 Å². The van der Waals surface area contributed by atoms with Gasteiger partial charge >= 0.3 is 0 Å². The quantitative estimate of drug-likeness (QED) is 0.755. The van der Waals surface area contributed by atoms with E-state index in [1.54, 1.807) is 23.1 Å². The molecule has 2 rings (SSSR count). The van der Waals surface area contributed by atoms with Crippen LogP contribution in [0.4, 0.5) is 4.39 Å². The lowest BCUT2D eigenvalue weighted by atomic mass is 9.93. The average molecular weight is 208 g/mol. The number of carbonyl (C=O) groups excluding carboxylic acids is 1. The van der Waals surface area contributed by atoms with Gasteiger partial charge in [-0.05, 0) is 6.07 Å². The Morgan fingerprint density at radius 2 is 2.20 bits per heavy atom. The van der Waals surface area contributed by atoms with Crippen LogP contribution < -0.4 is 5.73 Å². The van der Waals surface area contributed by atoms with Gasteiger partial charge in [-0.1, -0.05) is 18.2 Å². The molecule has 1 saturated heterocycles. The summed E-state index contributed by atoms with van der Waals surface area (Å²) in [7, 11) is 0. The fourth-order valence-electron chi connectivity index (χ4n) is 1.90. The summed E-state index contributed by atoms with van der Waals surface area (Å²) in [5, 5.41) is 0. The fraction of sp³-hybridized carbons (Fsp3) is 0.364. The zero-order chi connectivity index (χ0) is 10.8. The first-order chi connectivity index (χ1) is 7.24. The monoisotopic (exact) mass is 208 g/mol. The van der Waals surface area contributed by atoms with Crippen LogP contribution in [0.3, 0.4) is 0 Å². The second-order valence-corrected chi connectivity index (χ2v) is 3.62. The van der Waals surface area contributed by atoms with Crippen molar-refractivity contribution in [1.29, 1.82) is 0 Å². The van der Waals surface area contributed by atoms with E-state index in [2.05, 4.69) is 0 Å². The second-order valence-electron chi connectivity index (χ2n) is 3.62. The van der Waals surface area contributed by atoms with E-state index < -0.39 is 0 Å². The van der Waals surface area contributed by atoms with Crippen molar-refractivity contribution in [3.8, 4) is 0 Å². The molecule has 4 heteroatoms. The molecule has 0 bridgehead atoms. The van der Waals surface area contributed by atoms with Crippen LogP contribution in [-0.4, -0.2) is 23.9 Å². The number of β-lactam (4-membered cyclic amide) rings is 1. The molecule has 2 N–H and O–H groups in total. The molecule has 0 spiro atoms. The van der Waals surface area contributed by atoms with Crippen LogP contribution in [0.1, 0.15) is 18.0 Å². The van der Waals surface area contributed by atoms with Gasteiger partial charge in [0, 0.05) is 18.7 Å². The van der Waals surface area contributed by atoms with Crippen molar-refractivity contribution in [2.24, 2.45) is 5.73 Å². The highest BCUT2D eigenvalue weighted by atomic mass is 19.1. The van der Waals surface area contributed by atoms with Crippen molar-refractivity contribution in [3.63, 3.8) is 0 Å². The summed E-state index contributed by atoms with van der Waals surface area (Å²) in [6, 6.07) is 6.44. The molecule has 0 radical (unpaired) electrons. The standard InChI is InChI=1S/C11H13FN2O/c12-9-4-2-1-3-8(9)10-7-11(15)14(10)6-5-13/h1-4,10H,5-7,13H2. The SMILES string of the molecule is NCCN1C(=O)CC1c1ccccc1F. The molecule has 1 aromatic rings. The summed E-state index contributed by atoms with van der Waals surface area (Å²) in [5.74, 6) is -0.203. The van der Waals surface area contributed by atoms with E-state index in [-0.39, 0.29) is 17.8 Å². The van der Waals surface area contributed by atoms with Gasteiger partial charge in [-0.15, -0.1) is 0 Å². The highest BCUT2D eigenvalue weighted by molar-refractivity contribution is 5.83. The van der Waals surface area contributed by atoms with Gasteiger partial charge < -0.3 is 10.6 Å². The molecule has 1 atom stereocenters. The van der Waals surface area contributed by atoms with Crippen LogP contribution in [0.2, 0.25) is 0 Å². The molecular formula is C11H13FN2O. The summed E-state index contributed by atoms with van der Waals surface area (Å²) >= 11 is 0. The number of hydrogen-bond acceptors (Lipinski definition) is 2. The Bertz CT molecular complexity index is 381. The predicted molar refractivity (Wildman–Crippen MR) is 54.5 cm³/mol. The molecular weight excluding hydrogens is 195 g/mol. The first kappa shape index (κ1) is 10.1. The summed E-state index contributed by atoms with van der Waals surface area (Å²) in [5.41, 5.74) is 5.98. The minimum Gasteiger partial charge on any atom is -0.334 e. The summed E-state index contributed by atoms with van der Waals surface area (Å²) in [6.07, 6.45) is 0.390. The van der Waals surface area contributed by atoms with Crippen molar-refractivity contribution in [2.45, 2.75) is 12.5 Å². The van der Waals surface area contributed by atoms with Crippen LogP contribution in [-0.2, 0) is 4.79 Å². The van der Waals surface area contributed by atoms with Crippen molar-refractivity contribution >= 4 is 5.91 Å². The molecule has 1 fully saturated rings. The van der Waals surface area contributed by atoms with Crippen molar-refractivity contribution in [1.82, 2.24) is 4.90 Å². The molecule has 3 nitrogen and oxygen atoms in total. The number of hydrogen-bond donors (Lipinski definition) is 1. The van der Waals surface area contributed by atoms with Crippen LogP contribution in [0.15, 0.2) is 24.3 Å². The first-order valence-corrected chi connectivity index (χ1v) is 4.98. The van der Waals surface area contributed by atoms with Gasteiger partial charge in [0.2, 0.25) is 5.91 Å². The van der Waals surface area contributed by atoms with Crippen LogP contribution in [0.5, 0.6) is 0 Å². The molecule has 1 heterocycles. The number of carbonyl (C=O) groups is 1. The normalized spacial score (nSPS) is 20.3. The Labute approximate surface area is 87.7 Å². The van der Waals surface area contributed by atoms with Gasteiger partial charge in [0.05, 0.1) is 12.5 Å². The first-order valence-electron chi connectivity index (χ1n) is 4.98. The zero-order valence-electron chi connectivity index (χ0n) is 8.32. The Morgan fingerprint density at radius 3 is 2.80 bits per heavy atom. The number of rotatable bonds is 3. The molecule has 80 valence electrons. The predicted octanol–water partition coefficient (Wildman–Crippen LogP) is 1.06. The molecule has 1 aromatic carbocycles. The molecule has 1 aliphatic rings. The van der Waals surface area contributed by atoms with Crippen LogP contribution in [0, 0.1) is 5.82 Å². The van der Waals surface area contributed by atoms with Gasteiger partial charge in [-0.2, -0.15) is 0 Å². The minimum absolute atomic E-state index is 0.0497. The lowest BCUT2D eigenvalue weighted by Crippen LogP contribution is -2.48. The number of halogens is 1. The molecule has 0 aromatic heterocycles. The number of amides is 1. The van der Waals surface area contributed by atoms with E-state index in [1.165, 1.54) is 6.07 Å². The average Bonchev–Trinajstić information content (AvgIpc) is 2.24. The number of nitrogens with zero attached hydrogens (tertiary/aromatic N) is 1. The lowest BCUT2D eigenvalue weighted by Gasteiger charge is -2.40. The minimum atomic E-state index is -0.253. The highest BCUT2D eigenvalue weighted by Crippen LogP contribution is 2.34. The van der Waals surface area contributed by atoms with Gasteiger partial charge in [-0.3, -0.25) is 4.79 Å². The number of nitrogens with two attached hydrogens (primary N) is 1. The molecule has 1 unspecified atom stereocenters. The Hall–Kier alpha value is -1.42. The maximum atomic E-state index is 13.4. The fourth-order valence-corrected chi connectivity index (χ4v) is 1.90. The van der Waals surface area contributed by atoms with Gasteiger partial charge in [0.25, 0.3) is 0 Å². The van der Waals surface area contributed by atoms with E-state index in [0.29, 0.717) is 25.1 Å². The molecule has 0 saturated carbocycles. The molecule has 15 heavy (non-hydrogen) atoms. The second kappa shape index (κ2) is 3.98. The lowest BCUT2D eigenvalue weighted by molar-refractivity contribution is -0.146. The van der Waals surface area contributed by atoms with Crippen molar-refractivity contribution in [2.75, 3.05) is 13.1 Å². The molecule has 0 aliphatic carbocycles. The third-order valence-corrected chi connectivity index (χ3v) is 2.70. The molecule has 1 aliphatic heterocycles. The maximum absolute atomic E-state index is 13.4. The third-order valence-electron chi connectivity index (χ3n) is 2.70. The summed E-state index contributed by atoms with van der Waals surface area (Å²) in [6.45, 7) is 0.911. The topological polar surface area (TPSA) is 46.3 Å². The zero-order valence-corrected chi connectivity index (χ0v) is 8.32. The maximum Gasteiger partial charge on any atom is 0.225 e. The number of benzene rings is 1. The van der Waals surface area contributed by atoms with Gasteiger partial charge in [0.15, 0.2) is 0 Å². The largest absolute Gasteiger partial charge is 0.334 e. The smallest absolute Gasteiger partial charge is 0.225 e. The third kappa shape index (κ3) is 1.72. The van der Waals surface area contributed by atoms with Crippen LogP contribution >= 0.6 is 0 Å². The van der Waals surface area contributed by atoms with Gasteiger partial charge in [-0.25, -0.2) is 4.39 Å². The van der Waals surface area contributed by atoms with E-state index in [9.17, 15) is 9.18 Å². The summed E-state index contributed by atoms with van der Waals surface area (Å²) < 4.78 is 13.4. The van der Waals surface area contributed by atoms with E-state index in [1.807, 2.05) is 0 Å². The number of likely N-dealkylation sites (tertiary alicyclic amines) is 1. The van der Waals surface area contributed by atoms with Crippen LogP contribution in [0.25, 0.3) is 0 Å². The van der Waals surface area contributed by atoms with Crippen molar-refractivity contribution < 1.29 is 9.18 Å². The Balaban J connectivity index is 2.19. The molecule has 1 amide bonds. The van der Waals surface area contributed by atoms with E-state index >= 15 is 0 Å². The van der Waals surface area contributed by atoms with E-state index in [4.69, 9.17) is 5.73 Å². The Morgan fingerprint density at radius 1 is 1.47 bits per heavy atom. The summed E-state index contributed by atoms with van der Waals surface area (Å²) in [4.78, 5) is 12.9. The van der Waals surface area contributed by atoms with E-state index in [0.717, 1.165) is 0 Å². The Kier molecular flexibility index (Phi) is 2.68.